The summed E-state index contributed by atoms with van der Waals surface area (Å²) < 4.78 is 16.9. The summed E-state index contributed by atoms with van der Waals surface area (Å²) >= 11 is 0. The number of benzene rings is 1. The quantitative estimate of drug-likeness (QED) is 0.656. The van der Waals surface area contributed by atoms with Crippen LogP contribution in [0.15, 0.2) is 35.0 Å². The molecule has 2 fully saturated rings. The fraction of sp³-hybridized carbons (Fsp3) is 0.400. The lowest BCUT2D eigenvalue weighted by Crippen LogP contribution is -2.58. The van der Waals surface area contributed by atoms with E-state index in [1.807, 2.05) is 11.1 Å². The van der Waals surface area contributed by atoms with E-state index in [0.717, 1.165) is 31.6 Å². The van der Waals surface area contributed by atoms with E-state index in [4.69, 9.17) is 4.84 Å². The van der Waals surface area contributed by atoms with Crippen molar-refractivity contribution >= 4 is 22.6 Å². The van der Waals surface area contributed by atoms with Crippen molar-refractivity contribution in [2.45, 2.75) is 18.9 Å². The number of carboxylic acids is 1. The Bertz CT molecular complexity index is 1120. The molecule has 0 radical (unpaired) electrons. The summed E-state index contributed by atoms with van der Waals surface area (Å²) in [7, 11) is 1.54. The minimum absolute atomic E-state index is 0.0940. The number of pyridine rings is 1. The average molecular weight is 400 g/mol. The first-order chi connectivity index (χ1) is 13.9. The molecule has 0 atom stereocenters. The number of anilines is 1. The van der Waals surface area contributed by atoms with E-state index in [2.05, 4.69) is 10.8 Å². The topological polar surface area (TPSA) is 95.8 Å². The highest BCUT2D eigenvalue weighted by Crippen LogP contribution is 2.41. The summed E-state index contributed by atoms with van der Waals surface area (Å²) in [5, 5.41) is 12.7. The van der Waals surface area contributed by atoms with Gasteiger partial charge in [0, 0.05) is 43.5 Å². The zero-order valence-corrected chi connectivity index (χ0v) is 15.9. The van der Waals surface area contributed by atoms with Crippen molar-refractivity contribution in [2.75, 3.05) is 31.6 Å². The molecule has 0 amide bonds. The summed E-state index contributed by atoms with van der Waals surface area (Å²) in [6.45, 7) is 2.10. The van der Waals surface area contributed by atoms with Gasteiger partial charge >= 0.3 is 5.97 Å². The molecule has 1 saturated carbocycles. The van der Waals surface area contributed by atoms with Crippen molar-refractivity contribution in [3.63, 3.8) is 0 Å². The molecule has 1 aliphatic carbocycles. The predicted octanol–water partition coefficient (Wildman–Crippen LogP) is 1.58. The fourth-order valence-electron chi connectivity index (χ4n) is 4.26. The molecule has 0 unspecified atom stereocenters. The number of nitrogens with one attached hydrogen (secondary N) is 2. The van der Waals surface area contributed by atoms with Gasteiger partial charge in [-0.25, -0.2) is 9.18 Å². The second-order valence-electron chi connectivity index (χ2n) is 8.00. The van der Waals surface area contributed by atoms with Gasteiger partial charge in [0.25, 0.3) is 0 Å². The van der Waals surface area contributed by atoms with E-state index in [0.29, 0.717) is 17.7 Å². The standard InChI is InChI=1S/C20H21FN4O4/c1-29-23-17-7-24(10-20(17)8-22-9-20)16-5-15-12(4-14(16)21)18(26)13(19(27)28)6-25(15)11-2-3-11/h4-7,11,22-23H,2-3,8-10H2,1H3,(H,27,28). The first-order valence-corrected chi connectivity index (χ1v) is 9.54. The van der Waals surface area contributed by atoms with E-state index >= 15 is 4.39 Å². The van der Waals surface area contributed by atoms with Gasteiger partial charge in [-0.1, -0.05) is 0 Å². The summed E-state index contributed by atoms with van der Waals surface area (Å²) in [6, 6.07) is 2.96. The van der Waals surface area contributed by atoms with Gasteiger partial charge in [0.05, 0.1) is 29.4 Å². The van der Waals surface area contributed by atoms with Crippen LogP contribution in [0.5, 0.6) is 0 Å². The fourth-order valence-corrected chi connectivity index (χ4v) is 4.26. The van der Waals surface area contributed by atoms with E-state index in [9.17, 15) is 14.7 Å². The largest absolute Gasteiger partial charge is 0.477 e. The summed E-state index contributed by atoms with van der Waals surface area (Å²) in [4.78, 5) is 31.0. The Morgan fingerprint density at radius 3 is 2.72 bits per heavy atom. The van der Waals surface area contributed by atoms with Gasteiger partial charge in [0.2, 0.25) is 5.43 Å². The van der Waals surface area contributed by atoms with Crippen molar-refractivity contribution in [3.8, 4) is 0 Å². The average Bonchev–Trinajstić information content (AvgIpc) is 3.42. The summed E-state index contributed by atoms with van der Waals surface area (Å²) in [5.41, 5.74) is 3.53. The zero-order valence-electron chi connectivity index (χ0n) is 15.9. The van der Waals surface area contributed by atoms with Crippen molar-refractivity contribution in [1.29, 1.82) is 0 Å². The van der Waals surface area contributed by atoms with Crippen LogP contribution in [0.2, 0.25) is 0 Å². The number of hydroxylamine groups is 1. The number of rotatable bonds is 5. The molecule has 29 heavy (non-hydrogen) atoms. The molecule has 9 heteroatoms. The first kappa shape index (κ1) is 18.1. The van der Waals surface area contributed by atoms with Gasteiger partial charge in [-0.05, 0) is 25.0 Å². The van der Waals surface area contributed by atoms with Crippen molar-refractivity contribution in [2.24, 2.45) is 5.41 Å². The molecule has 8 nitrogen and oxygen atoms in total. The van der Waals surface area contributed by atoms with Gasteiger partial charge in [-0.3, -0.25) is 15.1 Å². The van der Waals surface area contributed by atoms with Crippen LogP contribution in [-0.4, -0.2) is 42.4 Å². The van der Waals surface area contributed by atoms with E-state index in [-0.39, 0.29) is 22.4 Å². The van der Waals surface area contributed by atoms with Gasteiger partial charge in [0.1, 0.15) is 11.4 Å². The van der Waals surface area contributed by atoms with Crippen molar-refractivity contribution in [1.82, 2.24) is 15.4 Å². The Morgan fingerprint density at radius 2 is 2.14 bits per heavy atom. The van der Waals surface area contributed by atoms with Crippen LogP contribution in [0.1, 0.15) is 29.2 Å². The number of aromatic carboxylic acids is 1. The predicted molar refractivity (Wildman–Crippen MR) is 104 cm³/mol. The number of carboxylic acid groups (broad SMARTS) is 1. The second kappa shape index (κ2) is 6.30. The maximum Gasteiger partial charge on any atom is 0.341 e. The van der Waals surface area contributed by atoms with E-state index < -0.39 is 17.2 Å². The molecule has 152 valence electrons. The molecule has 5 rings (SSSR count). The molecule has 3 heterocycles. The molecule has 2 aliphatic heterocycles. The summed E-state index contributed by atoms with van der Waals surface area (Å²) in [5.74, 6) is -1.86. The third-order valence-corrected chi connectivity index (χ3v) is 6.05. The van der Waals surface area contributed by atoms with E-state index in [1.54, 1.807) is 10.6 Å². The normalized spacial score (nSPS) is 20.1. The number of carbonyl (C=O) groups is 1. The molecule has 1 aromatic heterocycles. The molecule has 1 saturated heterocycles. The van der Waals surface area contributed by atoms with Crippen LogP contribution in [0.4, 0.5) is 10.1 Å². The zero-order chi connectivity index (χ0) is 20.3. The minimum Gasteiger partial charge on any atom is -0.477 e. The van der Waals surface area contributed by atoms with E-state index in [1.165, 1.54) is 19.4 Å². The van der Waals surface area contributed by atoms with Gasteiger partial charge in [0.15, 0.2) is 0 Å². The van der Waals surface area contributed by atoms with Crippen LogP contribution in [0.3, 0.4) is 0 Å². The lowest BCUT2D eigenvalue weighted by atomic mass is 9.80. The van der Waals surface area contributed by atoms with Crippen molar-refractivity contribution < 1.29 is 19.1 Å². The Kier molecular flexibility index (Phi) is 3.94. The Morgan fingerprint density at radius 1 is 1.38 bits per heavy atom. The maximum absolute atomic E-state index is 15.1. The highest BCUT2D eigenvalue weighted by Gasteiger charge is 2.47. The molecule has 1 aromatic carbocycles. The third kappa shape index (κ3) is 2.72. The minimum atomic E-state index is -1.30. The highest BCUT2D eigenvalue weighted by atomic mass is 19.1. The molecular weight excluding hydrogens is 379 g/mol. The molecule has 2 aromatic rings. The van der Waals surface area contributed by atoms with Crippen LogP contribution in [0.25, 0.3) is 10.9 Å². The van der Waals surface area contributed by atoms with Crippen LogP contribution in [0, 0.1) is 11.2 Å². The smallest absolute Gasteiger partial charge is 0.341 e. The van der Waals surface area contributed by atoms with Crippen molar-refractivity contribution in [3.05, 3.63) is 51.8 Å². The Balaban J connectivity index is 1.66. The molecule has 0 bridgehead atoms. The van der Waals surface area contributed by atoms with Gasteiger partial charge in [-0.2, -0.15) is 0 Å². The lowest BCUT2D eigenvalue weighted by Gasteiger charge is -2.41. The molecular formula is C20H21FN4O4. The van der Waals surface area contributed by atoms with Gasteiger partial charge in [-0.15, -0.1) is 0 Å². The number of hydrogen-bond donors (Lipinski definition) is 3. The summed E-state index contributed by atoms with van der Waals surface area (Å²) in [6.07, 6.45) is 5.04. The second-order valence-corrected chi connectivity index (χ2v) is 8.00. The molecule has 3 aliphatic rings. The first-order valence-electron chi connectivity index (χ1n) is 9.54. The maximum atomic E-state index is 15.1. The molecule has 1 spiro atoms. The van der Waals surface area contributed by atoms with Crippen LogP contribution in [-0.2, 0) is 4.84 Å². The lowest BCUT2D eigenvalue weighted by molar-refractivity contribution is 0.0695. The molecule has 3 N–H and O–H groups in total. The number of nitrogens with zero attached hydrogens (tertiary/aromatic N) is 2. The van der Waals surface area contributed by atoms with Gasteiger partial charge < -0.3 is 19.9 Å². The monoisotopic (exact) mass is 400 g/mol. The highest BCUT2D eigenvalue weighted by molar-refractivity contribution is 5.93. The Labute approximate surface area is 165 Å². The SMILES string of the molecule is CONC1=CN(c2cc3c(cc2F)c(=O)c(C(=O)O)cn3C2CC2)CC12CNC2. The Hall–Kier alpha value is -2.91. The number of halogens is 1. The number of aromatic nitrogens is 1. The number of fused-ring (bicyclic) bond motifs is 1. The van der Waals surface area contributed by atoms with Crippen LogP contribution < -0.4 is 21.1 Å². The number of hydrogen-bond acceptors (Lipinski definition) is 6. The third-order valence-electron chi connectivity index (χ3n) is 6.05. The van der Waals surface area contributed by atoms with Crippen LogP contribution >= 0.6 is 0 Å².